The molecule has 0 aliphatic heterocycles. The molecule has 0 atom stereocenters. The van der Waals surface area contributed by atoms with Crippen molar-refractivity contribution in [2.45, 2.75) is 38.0 Å². The second-order valence-electron chi connectivity index (χ2n) is 6.93. The number of fused-ring (bicyclic) bond motifs is 1. The van der Waals surface area contributed by atoms with Crippen LogP contribution in [0.1, 0.15) is 32.2 Å². The minimum Gasteiger partial charge on any atom is -0.342 e. The van der Waals surface area contributed by atoms with Crippen LogP contribution in [0.2, 0.25) is 0 Å². The Morgan fingerprint density at radius 3 is 2.33 bits per heavy atom. The molecule has 24 heavy (non-hydrogen) atoms. The SMILES string of the molecule is Cc1nc2ccc(NS(=O)(=O)c3ccc(C(C)(C)C)cc3)cc2[nH]1. The van der Waals surface area contributed by atoms with Crippen molar-refractivity contribution in [2.75, 3.05) is 4.72 Å². The summed E-state index contributed by atoms with van der Waals surface area (Å²) >= 11 is 0. The quantitative estimate of drug-likeness (QED) is 0.755. The summed E-state index contributed by atoms with van der Waals surface area (Å²) in [5.74, 6) is 0.794. The number of aryl methyl sites for hydroxylation is 1. The Hall–Kier alpha value is -2.34. The van der Waals surface area contributed by atoms with E-state index in [-0.39, 0.29) is 10.3 Å². The summed E-state index contributed by atoms with van der Waals surface area (Å²) in [4.78, 5) is 7.66. The molecule has 0 bridgehead atoms. The molecule has 0 radical (unpaired) electrons. The van der Waals surface area contributed by atoms with Crippen LogP contribution < -0.4 is 4.72 Å². The van der Waals surface area contributed by atoms with E-state index in [1.165, 1.54) is 0 Å². The number of aromatic nitrogens is 2. The number of anilines is 1. The van der Waals surface area contributed by atoms with Crippen LogP contribution >= 0.6 is 0 Å². The summed E-state index contributed by atoms with van der Waals surface area (Å²) in [6.45, 7) is 8.14. The third kappa shape index (κ3) is 3.28. The molecule has 6 heteroatoms. The van der Waals surface area contributed by atoms with Crippen LogP contribution in [0, 0.1) is 6.92 Å². The van der Waals surface area contributed by atoms with Crippen LogP contribution in [0.4, 0.5) is 5.69 Å². The van der Waals surface area contributed by atoms with Gasteiger partial charge in [-0.3, -0.25) is 4.72 Å². The lowest BCUT2D eigenvalue weighted by molar-refractivity contribution is 0.587. The Bertz CT molecular complexity index is 981. The van der Waals surface area contributed by atoms with Crippen molar-refractivity contribution in [1.82, 2.24) is 9.97 Å². The number of hydrogen-bond donors (Lipinski definition) is 2. The van der Waals surface area contributed by atoms with Gasteiger partial charge in [0, 0.05) is 0 Å². The van der Waals surface area contributed by atoms with E-state index in [1.54, 1.807) is 30.3 Å². The number of imidazole rings is 1. The second kappa shape index (κ2) is 5.63. The Morgan fingerprint density at radius 2 is 1.71 bits per heavy atom. The molecule has 0 aliphatic carbocycles. The molecule has 0 aliphatic rings. The van der Waals surface area contributed by atoms with Gasteiger partial charge in [0.2, 0.25) is 0 Å². The maximum absolute atomic E-state index is 12.6. The van der Waals surface area contributed by atoms with E-state index < -0.39 is 10.0 Å². The summed E-state index contributed by atoms with van der Waals surface area (Å²) in [7, 11) is -3.62. The fourth-order valence-corrected chi connectivity index (χ4v) is 3.60. The van der Waals surface area contributed by atoms with Gasteiger partial charge in [-0.2, -0.15) is 0 Å². The lowest BCUT2D eigenvalue weighted by atomic mass is 9.87. The molecule has 0 unspecified atom stereocenters. The first-order chi connectivity index (χ1) is 11.1. The van der Waals surface area contributed by atoms with Crippen LogP contribution in [0.5, 0.6) is 0 Å². The van der Waals surface area contributed by atoms with Gasteiger partial charge in [0.15, 0.2) is 0 Å². The van der Waals surface area contributed by atoms with Crippen LogP contribution in [0.25, 0.3) is 11.0 Å². The zero-order chi connectivity index (χ0) is 17.5. The first kappa shape index (κ1) is 16.5. The summed E-state index contributed by atoms with van der Waals surface area (Å²) in [6.07, 6.45) is 0. The van der Waals surface area contributed by atoms with Gasteiger partial charge in [0.25, 0.3) is 10.0 Å². The topological polar surface area (TPSA) is 74.8 Å². The second-order valence-corrected chi connectivity index (χ2v) is 8.62. The number of nitrogens with one attached hydrogen (secondary N) is 2. The van der Waals surface area contributed by atoms with Gasteiger partial charge < -0.3 is 4.98 Å². The minimum absolute atomic E-state index is 0.0146. The molecule has 1 heterocycles. The summed E-state index contributed by atoms with van der Waals surface area (Å²) < 4.78 is 27.8. The third-order valence-electron chi connectivity index (χ3n) is 3.88. The monoisotopic (exact) mass is 343 g/mol. The molecule has 3 rings (SSSR count). The highest BCUT2D eigenvalue weighted by Gasteiger charge is 2.18. The lowest BCUT2D eigenvalue weighted by Gasteiger charge is -2.19. The lowest BCUT2D eigenvalue weighted by Crippen LogP contribution is -2.14. The van der Waals surface area contributed by atoms with E-state index in [0.717, 1.165) is 22.4 Å². The van der Waals surface area contributed by atoms with Crippen LogP contribution in [0.3, 0.4) is 0 Å². The molecule has 0 fully saturated rings. The molecule has 2 N–H and O–H groups in total. The first-order valence-corrected chi connectivity index (χ1v) is 9.23. The number of sulfonamides is 1. The third-order valence-corrected chi connectivity index (χ3v) is 5.28. The predicted octanol–water partition coefficient (Wildman–Crippen LogP) is 3.97. The minimum atomic E-state index is -3.62. The van der Waals surface area contributed by atoms with Gasteiger partial charge in [-0.1, -0.05) is 32.9 Å². The Balaban J connectivity index is 1.89. The smallest absolute Gasteiger partial charge is 0.261 e. The molecule has 126 valence electrons. The number of hydrogen-bond acceptors (Lipinski definition) is 3. The summed E-state index contributed by atoms with van der Waals surface area (Å²) in [5.41, 5.74) is 3.20. The van der Waals surface area contributed by atoms with Gasteiger partial charge in [-0.25, -0.2) is 13.4 Å². The standard InChI is InChI=1S/C18H21N3O2S/c1-12-19-16-10-7-14(11-17(16)20-12)21-24(22,23)15-8-5-13(6-9-15)18(2,3)4/h5-11,21H,1-4H3,(H,19,20). The van der Waals surface area contributed by atoms with Gasteiger partial charge in [-0.15, -0.1) is 0 Å². The maximum atomic E-state index is 12.6. The predicted molar refractivity (Wildman–Crippen MR) is 96.8 cm³/mol. The number of benzene rings is 2. The fraction of sp³-hybridized carbons (Fsp3) is 0.278. The molecule has 0 saturated heterocycles. The highest BCUT2D eigenvalue weighted by atomic mass is 32.2. The Kier molecular flexibility index (Phi) is 3.87. The number of nitrogens with zero attached hydrogens (tertiary/aromatic N) is 1. The van der Waals surface area contributed by atoms with Crippen molar-refractivity contribution >= 4 is 26.7 Å². The van der Waals surface area contributed by atoms with Crippen LogP contribution in [0.15, 0.2) is 47.4 Å². The number of rotatable bonds is 3. The summed E-state index contributed by atoms with van der Waals surface area (Å²) in [6, 6.07) is 12.2. The van der Waals surface area contributed by atoms with E-state index in [9.17, 15) is 8.42 Å². The van der Waals surface area contributed by atoms with Crippen molar-refractivity contribution in [3.8, 4) is 0 Å². The van der Waals surface area contributed by atoms with E-state index in [0.29, 0.717) is 5.69 Å². The van der Waals surface area contributed by atoms with Crippen molar-refractivity contribution in [1.29, 1.82) is 0 Å². The Morgan fingerprint density at radius 1 is 1.04 bits per heavy atom. The van der Waals surface area contributed by atoms with Crippen molar-refractivity contribution in [3.63, 3.8) is 0 Å². The highest BCUT2D eigenvalue weighted by molar-refractivity contribution is 7.92. The molecule has 3 aromatic rings. The van der Waals surface area contributed by atoms with Gasteiger partial charge >= 0.3 is 0 Å². The van der Waals surface area contributed by atoms with Crippen molar-refractivity contribution < 1.29 is 8.42 Å². The molecule has 5 nitrogen and oxygen atoms in total. The summed E-state index contributed by atoms with van der Waals surface area (Å²) in [5, 5.41) is 0. The van der Waals surface area contributed by atoms with Crippen LogP contribution in [-0.2, 0) is 15.4 Å². The Labute approximate surface area is 142 Å². The fourth-order valence-electron chi connectivity index (χ4n) is 2.55. The average Bonchev–Trinajstić information content (AvgIpc) is 2.85. The van der Waals surface area contributed by atoms with Crippen molar-refractivity contribution in [3.05, 3.63) is 53.9 Å². The number of H-pyrrole nitrogens is 1. The molecule has 2 aromatic carbocycles. The zero-order valence-corrected chi connectivity index (χ0v) is 15.0. The van der Waals surface area contributed by atoms with Crippen LogP contribution in [-0.4, -0.2) is 18.4 Å². The molecular formula is C18H21N3O2S. The van der Waals surface area contributed by atoms with E-state index in [4.69, 9.17) is 0 Å². The van der Waals surface area contributed by atoms with E-state index in [2.05, 4.69) is 35.5 Å². The van der Waals surface area contributed by atoms with Crippen molar-refractivity contribution in [2.24, 2.45) is 0 Å². The van der Waals surface area contributed by atoms with Gasteiger partial charge in [-0.05, 0) is 48.2 Å². The highest BCUT2D eigenvalue weighted by Crippen LogP contribution is 2.25. The average molecular weight is 343 g/mol. The molecule has 1 aromatic heterocycles. The normalized spacial score (nSPS) is 12.5. The molecule has 0 spiro atoms. The van der Waals surface area contributed by atoms with E-state index in [1.807, 2.05) is 19.1 Å². The zero-order valence-electron chi connectivity index (χ0n) is 14.2. The van der Waals surface area contributed by atoms with Gasteiger partial charge in [0.1, 0.15) is 5.82 Å². The molecule has 0 saturated carbocycles. The largest absolute Gasteiger partial charge is 0.342 e. The van der Waals surface area contributed by atoms with Gasteiger partial charge in [0.05, 0.1) is 21.6 Å². The number of aromatic amines is 1. The van der Waals surface area contributed by atoms with E-state index >= 15 is 0 Å². The molecular weight excluding hydrogens is 322 g/mol. The molecule has 0 amide bonds. The maximum Gasteiger partial charge on any atom is 0.261 e. The first-order valence-electron chi connectivity index (χ1n) is 7.75.